The third-order valence-corrected chi connectivity index (χ3v) is 1.62. The van der Waals surface area contributed by atoms with Gasteiger partial charge in [-0.25, -0.2) is 0 Å². The van der Waals surface area contributed by atoms with Crippen LogP contribution >= 0.6 is 12.4 Å². The van der Waals surface area contributed by atoms with Crippen molar-refractivity contribution in [1.29, 1.82) is 0 Å². The molecule has 0 amide bonds. The molecule has 1 fully saturated rings. The van der Waals surface area contributed by atoms with E-state index >= 15 is 0 Å². The Morgan fingerprint density at radius 3 is 2.56 bits per heavy atom. The molecular formula is C6H15ClN2. The van der Waals surface area contributed by atoms with E-state index < -0.39 is 0 Å². The first-order valence-electron chi connectivity index (χ1n) is 3.37. The topological polar surface area (TPSA) is 24.1 Å². The fraction of sp³-hybridized carbons (Fsp3) is 1.00. The SMILES string of the molecule is CC[C@@H]1CNCCN1.Cl. The van der Waals surface area contributed by atoms with Crippen LogP contribution in [-0.2, 0) is 0 Å². The van der Waals surface area contributed by atoms with E-state index in [9.17, 15) is 0 Å². The lowest BCUT2D eigenvalue weighted by molar-refractivity contribution is 0.410. The van der Waals surface area contributed by atoms with Gasteiger partial charge in [-0.15, -0.1) is 12.4 Å². The summed E-state index contributed by atoms with van der Waals surface area (Å²) < 4.78 is 0. The summed E-state index contributed by atoms with van der Waals surface area (Å²) in [6.07, 6.45) is 1.24. The van der Waals surface area contributed by atoms with E-state index in [4.69, 9.17) is 0 Å². The summed E-state index contributed by atoms with van der Waals surface area (Å²) >= 11 is 0. The van der Waals surface area contributed by atoms with Gasteiger partial charge in [0.25, 0.3) is 0 Å². The Kier molecular flexibility index (Phi) is 5.15. The number of piperazine rings is 1. The zero-order valence-corrected chi connectivity index (χ0v) is 6.63. The van der Waals surface area contributed by atoms with E-state index in [0.717, 1.165) is 25.7 Å². The summed E-state index contributed by atoms with van der Waals surface area (Å²) in [6.45, 7) is 5.64. The minimum Gasteiger partial charge on any atom is -0.314 e. The molecule has 0 aromatic rings. The second-order valence-corrected chi connectivity index (χ2v) is 2.26. The Labute approximate surface area is 62.8 Å². The average Bonchev–Trinajstić information content (AvgIpc) is 1.90. The lowest BCUT2D eigenvalue weighted by Gasteiger charge is -2.22. The Balaban J connectivity index is 0.000000640. The molecule has 3 heteroatoms. The highest BCUT2D eigenvalue weighted by molar-refractivity contribution is 5.85. The smallest absolute Gasteiger partial charge is 0.0190 e. The molecule has 1 aliphatic rings. The van der Waals surface area contributed by atoms with Gasteiger partial charge in [0, 0.05) is 25.7 Å². The van der Waals surface area contributed by atoms with E-state index in [1.807, 2.05) is 0 Å². The number of hydrogen-bond donors (Lipinski definition) is 2. The fourth-order valence-corrected chi connectivity index (χ4v) is 1.00. The van der Waals surface area contributed by atoms with Crippen LogP contribution in [0.4, 0.5) is 0 Å². The minimum absolute atomic E-state index is 0. The van der Waals surface area contributed by atoms with Gasteiger partial charge >= 0.3 is 0 Å². The second kappa shape index (κ2) is 5.03. The molecular weight excluding hydrogens is 136 g/mol. The molecule has 1 heterocycles. The molecule has 2 N–H and O–H groups in total. The maximum atomic E-state index is 3.41. The van der Waals surface area contributed by atoms with E-state index in [1.165, 1.54) is 6.42 Å². The molecule has 56 valence electrons. The van der Waals surface area contributed by atoms with E-state index in [1.54, 1.807) is 0 Å². The summed E-state index contributed by atoms with van der Waals surface area (Å²) in [4.78, 5) is 0. The highest BCUT2D eigenvalue weighted by Gasteiger charge is 2.07. The van der Waals surface area contributed by atoms with E-state index in [2.05, 4.69) is 17.6 Å². The lowest BCUT2D eigenvalue weighted by Crippen LogP contribution is -2.47. The predicted octanol–water partition coefficient (Wildman–Crippen LogP) is 0.380. The summed E-state index contributed by atoms with van der Waals surface area (Å²) in [5.74, 6) is 0. The van der Waals surface area contributed by atoms with Crippen molar-refractivity contribution in [2.45, 2.75) is 19.4 Å². The summed E-state index contributed by atoms with van der Waals surface area (Å²) in [5, 5.41) is 6.73. The maximum Gasteiger partial charge on any atom is 0.0190 e. The Hall–Kier alpha value is 0.210. The molecule has 0 radical (unpaired) electrons. The van der Waals surface area contributed by atoms with Gasteiger partial charge in [0.2, 0.25) is 0 Å². The molecule has 2 nitrogen and oxygen atoms in total. The molecule has 0 aromatic heterocycles. The van der Waals surface area contributed by atoms with Gasteiger partial charge in [-0.2, -0.15) is 0 Å². The molecule has 9 heavy (non-hydrogen) atoms. The lowest BCUT2D eigenvalue weighted by atomic mass is 10.2. The molecule has 1 rings (SSSR count). The van der Waals surface area contributed by atoms with Crippen LogP contribution in [0.5, 0.6) is 0 Å². The third-order valence-electron chi connectivity index (χ3n) is 1.62. The van der Waals surface area contributed by atoms with Gasteiger partial charge in [-0.1, -0.05) is 6.92 Å². The first-order chi connectivity index (χ1) is 3.93. The van der Waals surface area contributed by atoms with E-state index in [-0.39, 0.29) is 12.4 Å². The molecule has 0 saturated carbocycles. The van der Waals surface area contributed by atoms with Gasteiger partial charge in [-0.05, 0) is 6.42 Å². The number of halogens is 1. The van der Waals surface area contributed by atoms with Gasteiger partial charge in [0.15, 0.2) is 0 Å². The van der Waals surface area contributed by atoms with Crippen molar-refractivity contribution < 1.29 is 0 Å². The van der Waals surface area contributed by atoms with Gasteiger partial charge in [-0.3, -0.25) is 0 Å². The van der Waals surface area contributed by atoms with Gasteiger partial charge in [0.05, 0.1) is 0 Å². The minimum atomic E-state index is 0. The molecule has 0 aliphatic carbocycles. The van der Waals surface area contributed by atoms with Crippen LogP contribution in [0.15, 0.2) is 0 Å². The van der Waals surface area contributed by atoms with Crippen molar-refractivity contribution in [2.75, 3.05) is 19.6 Å². The molecule has 0 bridgehead atoms. The van der Waals surface area contributed by atoms with Crippen molar-refractivity contribution >= 4 is 12.4 Å². The number of rotatable bonds is 1. The van der Waals surface area contributed by atoms with Crippen molar-refractivity contribution in [3.8, 4) is 0 Å². The monoisotopic (exact) mass is 150 g/mol. The second-order valence-electron chi connectivity index (χ2n) is 2.26. The van der Waals surface area contributed by atoms with Crippen LogP contribution in [-0.4, -0.2) is 25.7 Å². The van der Waals surface area contributed by atoms with Crippen molar-refractivity contribution in [3.63, 3.8) is 0 Å². The van der Waals surface area contributed by atoms with Crippen molar-refractivity contribution in [3.05, 3.63) is 0 Å². The first kappa shape index (κ1) is 9.21. The molecule has 1 saturated heterocycles. The van der Waals surface area contributed by atoms with Crippen LogP contribution in [0.2, 0.25) is 0 Å². The standard InChI is InChI=1S/C6H14N2.ClH/c1-2-6-5-7-3-4-8-6;/h6-8H,2-5H2,1H3;1H/t6-;/m1./s1. The first-order valence-corrected chi connectivity index (χ1v) is 3.37. The molecule has 0 unspecified atom stereocenters. The van der Waals surface area contributed by atoms with Crippen molar-refractivity contribution in [2.24, 2.45) is 0 Å². The van der Waals surface area contributed by atoms with Crippen LogP contribution in [0, 0.1) is 0 Å². The maximum absolute atomic E-state index is 3.41. The number of nitrogens with one attached hydrogen (secondary N) is 2. The van der Waals surface area contributed by atoms with Crippen LogP contribution < -0.4 is 10.6 Å². The number of hydrogen-bond acceptors (Lipinski definition) is 2. The normalized spacial score (nSPS) is 27.0. The zero-order chi connectivity index (χ0) is 5.82. The highest BCUT2D eigenvalue weighted by Crippen LogP contribution is 1.90. The molecule has 1 atom stereocenters. The quantitative estimate of drug-likeness (QED) is 0.565. The predicted molar refractivity (Wildman–Crippen MR) is 42.2 cm³/mol. The average molecular weight is 151 g/mol. The molecule has 0 spiro atoms. The highest BCUT2D eigenvalue weighted by atomic mass is 35.5. The largest absolute Gasteiger partial charge is 0.314 e. The third kappa shape index (κ3) is 3.04. The zero-order valence-electron chi connectivity index (χ0n) is 5.81. The van der Waals surface area contributed by atoms with Crippen LogP contribution in [0.1, 0.15) is 13.3 Å². The summed E-state index contributed by atoms with van der Waals surface area (Å²) in [6, 6.07) is 0.726. The van der Waals surface area contributed by atoms with E-state index in [0.29, 0.717) is 0 Å². The van der Waals surface area contributed by atoms with Gasteiger partial charge in [0.1, 0.15) is 0 Å². The Morgan fingerprint density at radius 1 is 1.44 bits per heavy atom. The van der Waals surface area contributed by atoms with Crippen LogP contribution in [0.3, 0.4) is 0 Å². The molecule has 0 aromatic carbocycles. The fourth-order valence-electron chi connectivity index (χ4n) is 1.00. The molecule has 1 aliphatic heterocycles. The Bertz CT molecular complexity index is 62.1. The van der Waals surface area contributed by atoms with Gasteiger partial charge < -0.3 is 10.6 Å². The van der Waals surface area contributed by atoms with Crippen LogP contribution in [0.25, 0.3) is 0 Å². The summed E-state index contributed by atoms with van der Waals surface area (Å²) in [5.41, 5.74) is 0. The summed E-state index contributed by atoms with van der Waals surface area (Å²) in [7, 11) is 0. The Morgan fingerprint density at radius 2 is 2.22 bits per heavy atom. The van der Waals surface area contributed by atoms with Crippen molar-refractivity contribution in [1.82, 2.24) is 10.6 Å².